The highest BCUT2D eigenvalue weighted by Crippen LogP contribution is 2.51. The summed E-state index contributed by atoms with van der Waals surface area (Å²) in [6.45, 7) is -0.523. The van der Waals surface area contributed by atoms with Gasteiger partial charge in [-0.3, -0.25) is 14.6 Å². The molecule has 3 aromatic rings. The van der Waals surface area contributed by atoms with E-state index in [9.17, 15) is 46.1 Å². The van der Waals surface area contributed by atoms with Crippen LogP contribution in [-0.4, -0.2) is 46.3 Å². The molecule has 3 aliphatic rings. The SMILES string of the molecule is O=C1[C@@H]2[C@@H](CC(CO)=C3[C@@H](CC/C(=C/c4ccc(O)cc4Cl)c4ccccn4)OC[C@@H]32)C(=O)N1c1cc(C(F)(F)F)cc(C(F)(F)F)c1. The van der Waals surface area contributed by atoms with E-state index in [1.807, 2.05) is 6.08 Å². The lowest BCUT2D eigenvalue weighted by molar-refractivity contribution is -0.143. The molecule has 6 rings (SSSR count). The largest absolute Gasteiger partial charge is 0.508 e. The van der Waals surface area contributed by atoms with Gasteiger partial charge in [0, 0.05) is 12.1 Å². The van der Waals surface area contributed by atoms with E-state index in [1.165, 1.54) is 12.1 Å². The number of phenolic OH excluding ortho intramolecular Hbond substituents is 1. The number of carbonyl (C=O) groups is 2. The molecule has 0 radical (unpaired) electrons. The summed E-state index contributed by atoms with van der Waals surface area (Å²) in [6, 6.07) is 10.6. The van der Waals surface area contributed by atoms with Gasteiger partial charge in [-0.25, -0.2) is 4.90 Å². The molecular formula is C34H27ClF6N2O5. The molecule has 4 atom stereocenters. The molecule has 1 aromatic heterocycles. The van der Waals surface area contributed by atoms with Gasteiger partial charge < -0.3 is 14.9 Å². The molecule has 2 aromatic carbocycles. The zero-order chi connectivity index (χ0) is 34.5. The fourth-order valence-electron chi connectivity index (χ4n) is 6.88. The molecule has 2 aliphatic heterocycles. The molecule has 2 amide bonds. The quantitative estimate of drug-likeness (QED) is 0.153. The van der Waals surface area contributed by atoms with Gasteiger partial charge in [0.2, 0.25) is 11.8 Å². The molecule has 252 valence electrons. The van der Waals surface area contributed by atoms with Crippen molar-refractivity contribution in [2.45, 2.75) is 37.7 Å². The number of hydrogen-bond acceptors (Lipinski definition) is 6. The molecule has 1 aliphatic carbocycles. The predicted octanol–water partition coefficient (Wildman–Crippen LogP) is 7.31. The van der Waals surface area contributed by atoms with E-state index >= 15 is 0 Å². The van der Waals surface area contributed by atoms with Crippen LogP contribution in [0.1, 0.15) is 41.6 Å². The lowest BCUT2D eigenvalue weighted by Gasteiger charge is -2.31. The molecule has 7 nitrogen and oxygen atoms in total. The number of fused-ring (bicyclic) bond motifs is 3. The highest BCUT2D eigenvalue weighted by atomic mass is 35.5. The zero-order valence-corrected chi connectivity index (χ0v) is 25.6. The fourth-order valence-corrected chi connectivity index (χ4v) is 7.10. The molecule has 2 fully saturated rings. The Morgan fingerprint density at radius 3 is 2.29 bits per heavy atom. The van der Waals surface area contributed by atoms with Crippen molar-refractivity contribution in [3.05, 3.63) is 99.3 Å². The van der Waals surface area contributed by atoms with Crippen molar-refractivity contribution in [2.75, 3.05) is 18.1 Å². The van der Waals surface area contributed by atoms with E-state index in [2.05, 4.69) is 4.98 Å². The molecule has 2 saturated heterocycles. The minimum Gasteiger partial charge on any atom is -0.508 e. The molecule has 0 bridgehead atoms. The van der Waals surface area contributed by atoms with Crippen molar-refractivity contribution in [3.8, 4) is 5.75 Å². The third-order valence-corrected chi connectivity index (χ3v) is 9.34. The number of rotatable bonds is 7. The second-order valence-electron chi connectivity index (χ2n) is 11.9. The molecule has 48 heavy (non-hydrogen) atoms. The lowest BCUT2D eigenvalue weighted by atomic mass is 9.69. The summed E-state index contributed by atoms with van der Waals surface area (Å²) in [4.78, 5) is 32.2. The Kier molecular flexibility index (Phi) is 8.90. The van der Waals surface area contributed by atoms with Crippen LogP contribution in [0, 0.1) is 17.8 Å². The van der Waals surface area contributed by atoms with E-state index in [1.54, 1.807) is 30.5 Å². The number of aromatic nitrogens is 1. The average Bonchev–Trinajstić information content (AvgIpc) is 3.57. The highest BCUT2D eigenvalue weighted by molar-refractivity contribution is 6.32. The van der Waals surface area contributed by atoms with Crippen LogP contribution in [0.15, 0.2) is 71.9 Å². The van der Waals surface area contributed by atoms with E-state index in [0.717, 1.165) is 5.57 Å². The summed E-state index contributed by atoms with van der Waals surface area (Å²) in [5, 5.41) is 20.4. The lowest BCUT2D eigenvalue weighted by Crippen LogP contribution is -2.35. The number of imide groups is 1. The van der Waals surface area contributed by atoms with Gasteiger partial charge in [0.1, 0.15) is 5.75 Å². The summed E-state index contributed by atoms with van der Waals surface area (Å²) in [5.74, 6) is -4.78. The van der Waals surface area contributed by atoms with Crippen LogP contribution in [0.4, 0.5) is 32.0 Å². The highest BCUT2D eigenvalue weighted by Gasteiger charge is 2.57. The number of benzene rings is 2. The summed E-state index contributed by atoms with van der Waals surface area (Å²) in [5.41, 5.74) is -1.04. The summed E-state index contributed by atoms with van der Waals surface area (Å²) in [6.07, 6.45) is -6.89. The number of allylic oxidation sites excluding steroid dienone is 1. The first kappa shape index (κ1) is 33.7. The minimum atomic E-state index is -5.17. The number of halogens is 7. The van der Waals surface area contributed by atoms with Crippen molar-refractivity contribution in [2.24, 2.45) is 17.8 Å². The monoisotopic (exact) mass is 692 g/mol. The smallest absolute Gasteiger partial charge is 0.416 e. The molecule has 2 N–H and O–H groups in total. The average molecular weight is 693 g/mol. The van der Waals surface area contributed by atoms with E-state index in [0.29, 0.717) is 57.3 Å². The first-order valence-corrected chi connectivity index (χ1v) is 15.3. The number of hydrogen-bond donors (Lipinski definition) is 2. The number of ether oxygens (including phenoxy) is 1. The third-order valence-electron chi connectivity index (χ3n) is 9.01. The van der Waals surface area contributed by atoms with Crippen LogP contribution in [0.25, 0.3) is 11.6 Å². The number of nitrogens with zero attached hydrogens (tertiary/aromatic N) is 2. The molecule has 14 heteroatoms. The Hall–Kier alpha value is -4.20. The number of carbonyl (C=O) groups excluding carboxylic acids is 2. The number of aliphatic hydroxyl groups is 1. The van der Waals surface area contributed by atoms with Crippen LogP contribution in [0.5, 0.6) is 5.75 Å². The second-order valence-corrected chi connectivity index (χ2v) is 12.3. The number of amides is 2. The molecule has 3 heterocycles. The van der Waals surface area contributed by atoms with Crippen molar-refractivity contribution in [1.82, 2.24) is 4.98 Å². The van der Waals surface area contributed by atoms with Crippen molar-refractivity contribution in [1.29, 1.82) is 0 Å². The van der Waals surface area contributed by atoms with Crippen LogP contribution < -0.4 is 4.90 Å². The number of anilines is 1. The summed E-state index contributed by atoms with van der Waals surface area (Å²) >= 11 is 6.35. The third kappa shape index (κ3) is 6.34. The number of aromatic hydroxyl groups is 1. The van der Waals surface area contributed by atoms with Gasteiger partial charge in [0.15, 0.2) is 0 Å². The van der Waals surface area contributed by atoms with Crippen molar-refractivity contribution in [3.63, 3.8) is 0 Å². The van der Waals surface area contributed by atoms with Crippen LogP contribution in [0.3, 0.4) is 0 Å². The number of pyridine rings is 1. The van der Waals surface area contributed by atoms with E-state index in [4.69, 9.17) is 16.3 Å². The van der Waals surface area contributed by atoms with Gasteiger partial charge in [-0.15, -0.1) is 0 Å². The topological polar surface area (TPSA) is 100.0 Å². The Morgan fingerprint density at radius 2 is 1.69 bits per heavy atom. The minimum absolute atomic E-state index is 0.00615. The summed E-state index contributed by atoms with van der Waals surface area (Å²) < 4.78 is 87.7. The first-order valence-electron chi connectivity index (χ1n) is 14.9. The van der Waals surface area contributed by atoms with Gasteiger partial charge in [-0.1, -0.05) is 17.7 Å². The van der Waals surface area contributed by atoms with Crippen LogP contribution >= 0.6 is 11.6 Å². The normalized spacial score (nSPS) is 23.2. The van der Waals surface area contributed by atoms with Gasteiger partial charge in [-0.2, -0.15) is 26.3 Å². The summed E-state index contributed by atoms with van der Waals surface area (Å²) in [7, 11) is 0. The molecule has 0 spiro atoms. The van der Waals surface area contributed by atoms with Gasteiger partial charge >= 0.3 is 12.4 Å². The Labute approximate surface area is 275 Å². The standard InChI is InChI=1S/C34H27ClF6N2O5/c35-26-14-23(45)6-4-17(26)9-18(27-3-1-2-8-42-27)5-7-28-29-19(15-44)10-24-30(25(29)16-48-28)32(47)43(31(24)46)22-12-20(33(36,37)38)11-21(13-22)34(39,40)41/h1-4,6,8-9,11-14,24-25,28,30,44-45H,5,7,10,15-16H2/b18-9-/t24-,25+,28-,30-/m1/s1. The maximum Gasteiger partial charge on any atom is 0.416 e. The predicted molar refractivity (Wildman–Crippen MR) is 162 cm³/mol. The Morgan fingerprint density at radius 1 is 0.979 bits per heavy atom. The van der Waals surface area contributed by atoms with Gasteiger partial charge in [-0.05, 0) is 96.2 Å². The van der Waals surface area contributed by atoms with E-state index in [-0.39, 0.29) is 24.8 Å². The number of aliphatic hydroxyl groups excluding tert-OH is 1. The number of phenols is 1. The Balaban J connectivity index is 1.30. The maximum absolute atomic E-state index is 13.8. The van der Waals surface area contributed by atoms with Gasteiger partial charge in [0.25, 0.3) is 0 Å². The first-order chi connectivity index (χ1) is 22.7. The van der Waals surface area contributed by atoms with Crippen molar-refractivity contribution >= 4 is 40.8 Å². The van der Waals surface area contributed by atoms with Crippen LogP contribution in [-0.2, 0) is 26.7 Å². The second kappa shape index (κ2) is 12.7. The maximum atomic E-state index is 13.8. The fraction of sp³-hybridized carbons (Fsp3) is 0.324. The van der Waals surface area contributed by atoms with Crippen LogP contribution in [0.2, 0.25) is 5.02 Å². The Bertz CT molecular complexity index is 1790. The van der Waals surface area contributed by atoms with Gasteiger partial charge in [0.05, 0.1) is 58.7 Å². The van der Waals surface area contributed by atoms with E-state index < -0.39 is 71.4 Å². The zero-order valence-electron chi connectivity index (χ0n) is 24.9. The molecule has 0 unspecified atom stereocenters. The number of alkyl halides is 6. The molecule has 0 saturated carbocycles. The van der Waals surface area contributed by atoms with Crippen molar-refractivity contribution < 1.29 is 50.9 Å². The molecular weight excluding hydrogens is 666 g/mol.